The van der Waals surface area contributed by atoms with Crippen LogP contribution in [0, 0.1) is 0 Å². The number of likely N-dealkylation sites (N-methyl/N-ethyl adjacent to an activating group) is 1. The van der Waals surface area contributed by atoms with Crippen molar-refractivity contribution in [2.75, 3.05) is 27.2 Å². The zero-order chi connectivity index (χ0) is 18.2. The van der Waals surface area contributed by atoms with Crippen LogP contribution in [0.1, 0.15) is 28.6 Å². The summed E-state index contributed by atoms with van der Waals surface area (Å²) in [5, 5.41) is 6.19. The highest BCUT2D eigenvalue weighted by Gasteiger charge is 2.17. The van der Waals surface area contributed by atoms with Crippen LogP contribution in [0.15, 0.2) is 47.1 Å². The molecule has 7 heteroatoms. The van der Waals surface area contributed by atoms with Crippen LogP contribution in [0.4, 0.5) is 0 Å². The predicted molar refractivity (Wildman–Crippen MR) is 96.5 cm³/mol. The lowest BCUT2D eigenvalue weighted by atomic mass is 10.1. The number of amides is 2. The maximum absolute atomic E-state index is 12.0. The highest BCUT2D eigenvalue weighted by atomic mass is 35.5. The number of benzene rings is 1. The van der Waals surface area contributed by atoms with Gasteiger partial charge in [0.2, 0.25) is 5.91 Å². The van der Waals surface area contributed by atoms with Crippen molar-refractivity contribution >= 4 is 23.4 Å². The Bertz CT molecular complexity index is 701. The number of furan rings is 1. The molecular weight excluding hydrogens is 342 g/mol. The monoisotopic (exact) mass is 363 g/mol. The molecule has 0 saturated carbocycles. The normalized spacial score (nSPS) is 12.0. The van der Waals surface area contributed by atoms with Gasteiger partial charge in [-0.05, 0) is 37.9 Å². The molecule has 1 aromatic carbocycles. The summed E-state index contributed by atoms with van der Waals surface area (Å²) < 4.78 is 4.99. The lowest BCUT2D eigenvalue weighted by Gasteiger charge is -2.26. The van der Waals surface area contributed by atoms with Crippen LogP contribution in [0.25, 0.3) is 0 Å². The average molecular weight is 364 g/mol. The molecule has 134 valence electrons. The molecule has 1 unspecified atom stereocenters. The Kier molecular flexibility index (Phi) is 7.03. The third-order valence-corrected chi connectivity index (χ3v) is 4.11. The van der Waals surface area contributed by atoms with Crippen molar-refractivity contribution in [3.63, 3.8) is 0 Å². The Hall–Kier alpha value is -2.31. The molecule has 2 amide bonds. The van der Waals surface area contributed by atoms with E-state index in [1.54, 1.807) is 12.1 Å². The second-order valence-electron chi connectivity index (χ2n) is 5.79. The van der Waals surface area contributed by atoms with Gasteiger partial charge < -0.3 is 20.0 Å². The van der Waals surface area contributed by atoms with Crippen LogP contribution < -0.4 is 10.6 Å². The third kappa shape index (κ3) is 5.62. The number of hydrogen-bond donors (Lipinski definition) is 2. The predicted octanol–water partition coefficient (Wildman–Crippen LogP) is 2.47. The molecule has 0 bridgehead atoms. The van der Waals surface area contributed by atoms with E-state index < -0.39 is 0 Å². The quantitative estimate of drug-likeness (QED) is 0.755. The molecule has 0 aliphatic carbocycles. The largest absolute Gasteiger partial charge is 0.459 e. The molecule has 1 heterocycles. The first-order chi connectivity index (χ1) is 12.0. The van der Waals surface area contributed by atoms with Crippen LogP contribution in [0.2, 0.25) is 5.02 Å². The molecule has 6 nitrogen and oxygen atoms in total. The first-order valence-electron chi connectivity index (χ1n) is 7.98. The van der Waals surface area contributed by atoms with Gasteiger partial charge in [0.15, 0.2) is 5.76 Å². The van der Waals surface area contributed by atoms with E-state index in [1.165, 1.54) is 6.26 Å². The Morgan fingerprint density at radius 3 is 2.56 bits per heavy atom. The van der Waals surface area contributed by atoms with E-state index in [0.29, 0.717) is 11.6 Å². The van der Waals surface area contributed by atoms with Crippen molar-refractivity contribution in [2.45, 2.75) is 12.5 Å². The fourth-order valence-corrected chi connectivity index (χ4v) is 2.66. The zero-order valence-corrected chi connectivity index (χ0v) is 15.0. The number of carbonyl (C=O) groups excluding carboxylic acids is 2. The first kappa shape index (κ1) is 19.0. The van der Waals surface area contributed by atoms with Gasteiger partial charge in [0.25, 0.3) is 5.91 Å². The van der Waals surface area contributed by atoms with Gasteiger partial charge >= 0.3 is 0 Å². The number of rotatable bonds is 8. The maximum atomic E-state index is 12.0. The van der Waals surface area contributed by atoms with Crippen LogP contribution >= 0.6 is 11.6 Å². The summed E-state index contributed by atoms with van der Waals surface area (Å²) in [6.45, 7) is 0.672. The minimum atomic E-state index is -0.333. The van der Waals surface area contributed by atoms with Crippen molar-refractivity contribution in [3.8, 4) is 0 Å². The summed E-state index contributed by atoms with van der Waals surface area (Å²) in [5.41, 5.74) is 0.959. The van der Waals surface area contributed by atoms with Crippen molar-refractivity contribution in [2.24, 2.45) is 0 Å². The summed E-state index contributed by atoms with van der Waals surface area (Å²) in [6, 6.07) is 10.7. The number of carbonyl (C=O) groups is 2. The molecular formula is C18H22ClN3O3. The minimum Gasteiger partial charge on any atom is -0.459 e. The van der Waals surface area contributed by atoms with Gasteiger partial charge in [-0.25, -0.2) is 0 Å². The van der Waals surface area contributed by atoms with E-state index in [1.807, 2.05) is 43.3 Å². The van der Waals surface area contributed by atoms with Crippen molar-refractivity contribution in [3.05, 3.63) is 59.0 Å². The summed E-state index contributed by atoms with van der Waals surface area (Å²) in [7, 11) is 3.87. The van der Waals surface area contributed by atoms with E-state index >= 15 is 0 Å². The summed E-state index contributed by atoms with van der Waals surface area (Å²) >= 11 is 6.25. The van der Waals surface area contributed by atoms with Crippen LogP contribution in [-0.4, -0.2) is 43.9 Å². The summed E-state index contributed by atoms with van der Waals surface area (Å²) in [4.78, 5) is 25.7. The average Bonchev–Trinajstić information content (AvgIpc) is 3.11. The molecule has 25 heavy (non-hydrogen) atoms. The molecule has 0 spiro atoms. The maximum Gasteiger partial charge on any atom is 0.286 e. The van der Waals surface area contributed by atoms with Gasteiger partial charge in [0, 0.05) is 24.5 Å². The molecule has 1 atom stereocenters. The molecule has 0 fully saturated rings. The van der Waals surface area contributed by atoms with Crippen LogP contribution in [0.3, 0.4) is 0 Å². The number of nitrogens with one attached hydrogen (secondary N) is 2. The third-order valence-electron chi connectivity index (χ3n) is 3.76. The van der Waals surface area contributed by atoms with E-state index in [2.05, 4.69) is 10.6 Å². The zero-order valence-electron chi connectivity index (χ0n) is 14.3. The van der Waals surface area contributed by atoms with Crippen molar-refractivity contribution in [1.82, 2.24) is 15.5 Å². The van der Waals surface area contributed by atoms with Crippen molar-refractivity contribution in [1.29, 1.82) is 0 Å². The van der Waals surface area contributed by atoms with E-state index in [9.17, 15) is 9.59 Å². The number of halogens is 1. The fraction of sp³-hybridized carbons (Fsp3) is 0.333. The van der Waals surface area contributed by atoms with Crippen LogP contribution in [0.5, 0.6) is 0 Å². The number of hydrogen-bond acceptors (Lipinski definition) is 4. The standard InChI is InChI=1S/C18H22ClN3O3/c1-22(2)15(13-6-3-4-7-14(13)19)12-21-17(23)9-10-20-18(24)16-8-5-11-25-16/h3-8,11,15H,9-10,12H2,1-2H3,(H,20,24)(H,21,23). The molecule has 0 aliphatic heterocycles. The van der Waals surface area contributed by atoms with Gasteiger partial charge in [-0.15, -0.1) is 0 Å². The Balaban J connectivity index is 1.79. The molecule has 2 N–H and O–H groups in total. The Morgan fingerprint density at radius 1 is 1.16 bits per heavy atom. The minimum absolute atomic E-state index is 0.0321. The molecule has 2 rings (SSSR count). The first-order valence-corrected chi connectivity index (χ1v) is 8.36. The smallest absolute Gasteiger partial charge is 0.286 e. The molecule has 1 aromatic heterocycles. The van der Waals surface area contributed by atoms with Gasteiger partial charge in [-0.3, -0.25) is 9.59 Å². The van der Waals surface area contributed by atoms with Crippen LogP contribution in [-0.2, 0) is 4.79 Å². The van der Waals surface area contributed by atoms with E-state index in [-0.39, 0.29) is 36.6 Å². The number of nitrogens with zero attached hydrogens (tertiary/aromatic N) is 1. The highest BCUT2D eigenvalue weighted by molar-refractivity contribution is 6.31. The summed E-state index contributed by atoms with van der Waals surface area (Å²) in [5.74, 6) is -0.245. The Morgan fingerprint density at radius 2 is 1.92 bits per heavy atom. The van der Waals surface area contributed by atoms with Gasteiger partial charge in [0.1, 0.15) is 0 Å². The highest BCUT2D eigenvalue weighted by Crippen LogP contribution is 2.25. The second kappa shape index (κ2) is 9.25. The van der Waals surface area contributed by atoms with Crippen molar-refractivity contribution < 1.29 is 14.0 Å². The fourth-order valence-electron chi connectivity index (χ4n) is 2.40. The topological polar surface area (TPSA) is 74.6 Å². The summed E-state index contributed by atoms with van der Waals surface area (Å²) in [6.07, 6.45) is 1.62. The van der Waals surface area contributed by atoms with Gasteiger partial charge in [-0.2, -0.15) is 0 Å². The Labute approximate surface area is 152 Å². The lowest BCUT2D eigenvalue weighted by molar-refractivity contribution is -0.121. The van der Waals surface area contributed by atoms with Gasteiger partial charge in [-0.1, -0.05) is 29.8 Å². The van der Waals surface area contributed by atoms with E-state index in [0.717, 1.165) is 5.56 Å². The van der Waals surface area contributed by atoms with E-state index in [4.69, 9.17) is 16.0 Å². The molecule has 0 saturated heterocycles. The molecule has 0 aliphatic rings. The molecule has 2 aromatic rings. The van der Waals surface area contributed by atoms with Gasteiger partial charge in [0.05, 0.1) is 12.3 Å². The molecule has 0 radical (unpaired) electrons. The second-order valence-corrected chi connectivity index (χ2v) is 6.20. The SMILES string of the molecule is CN(C)C(CNC(=O)CCNC(=O)c1ccco1)c1ccccc1Cl. The lowest BCUT2D eigenvalue weighted by Crippen LogP contribution is -2.36.